The van der Waals surface area contributed by atoms with E-state index in [-0.39, 0.29) is 17.7 Å². The predicted octanol–water partition coefficient (Wildman–Crippen LogP) is -0.0945. The van der Waals surface area contributed by atoms with Crippen molar-refractivity contribution in [1.29, 1.82) is 0 Å². The highest BCUT2D eigenvalue weighted by atomic mass is 32.2. The minimum atomic E-state index is -4.02. The molecule has 8 nitrogen and oxygen atoms in total. The number of nitrogens with two attached hydrogens (primary N) is 2. The molecule has 0 aliphatic rings. The fourth-order valence-corrected chi connectivity index (χ4v) is 1.61. The molecule has 6 N–H and O–H groups in total. The van der Waals surface area contributed by atoms with Crippen LogP contribution in [0.15, 0.2) is 29.2 Å². The molecule has 0 fully saturated rings. The topological polar surface area (TPSA) is 161 Å². The molecule has 1 atom stereocenters. The van der Waals surface area contributed by atoms with Crippen molar-refractivity contribution in [2.24, 2.45) is 11.5 Å². The molecule has 0 aliphatic carbocycles. The van der Waals surface area contributed by atoms with Gasteiger partial charge in [0.05, 0.1) is 4.90 Å². The molecule has 1 unspecified atom stereocenters. The Morgan fingerprint density at radius 2 is 1.71 bits per heavy atom. The van der Waals surface area contributed by atoms with Crippen LogP contribution in [0.1, 0.15) is 18.4 Å². The molecule has 1 amide bonds. The molecular weight excluding hydrogens is 300 g/mol. The zero-order chi connectivity index (χ0) is 16.6. The Hall–Kier alpha value is -1.97. The summed E-state index contributed by atoms with van der Waals surface area (Å²) >= 11 is 0. The van der Waals surface area contributed by atoms with Crippen LogP contribution in [0.25, 0.3) is 0 Å². The fourth-order valence-electron chi connectivity index (χ4n) is 1.13. The van der Waals surface area contributed by atoms with E-state index in [4.69, 9.17) is 21.1 Å². The van der Waals surface area contributed by atoms with E-state index in [2.05, 4.69) is 0 Å². The average molecular weight is 318 g/mol. The van der Waals surface area contributed by atoms with Gasteiger partial charge in [-0.15, -0.1) is 0 Å². The number of hydrogen-bond acceptors (Lipinski definition) is 5. The van der Waals surface area contributed by atoms with Gasteiger partial charge in [0.2, 0.25) is 5.91 Å². The van der Waals surface area contributed by atoms with Gasteiger partial charge in [-0.3, -0.25) is 14.1 Å². The van der Waals surface area contributed by atoms with Crippen LogP contribution >= 0.6 is 0 Å². The van der Waals surface area contributed by atoms with Crippen molar-refractivity contribution in [3.05, 3.63) is 29.8 Å². The quantitative estimate of drug-likeness (QED) is 0.551. The number of aryl methyl sites for hydroxylation is 1. The fraction of sp³-hybridized carbons (Fsp3) is 0.333. The number of carbonyl (C=O) groups is 2. The molecule has 0 saturated heterocycles. The summed E-state index contributed by atoms with van der Waals surface area (Å²) in [5, 5.41) is 8.22. The summed E-state index contributed by atoms with van der Waals surface area (Å²) in [7, 11) is -4.02. The second kappa shape index (κ2) is 8.35. The summed E-state index contributed by atoms with van der Waals surface area (Å²) in [5.41, 5.74) is 10.8. The molecule has 0 heterocycles. The van der Waals surface area contributed by atoms with Gasteiger partial charge < -0.3 is 16.6 Å². The number of hydrogen-bond donors (Lipinski definition) is 4. The Labute approximate surface area is 122 Å². The highest BCUT2D eigenvalue weighted by molar-refractivity contribution is 7.85. The standard InChI is InChI=1S/C7H8O3S.C5H10N2O3/c1-6-2-4-7(5-3-6)11(8,9)10;6-3(5(9)10)1-2-4(7)8/h2-5H,1H3,(H,8,9,10);3H,1-2,6H2,(H2,7,8)(H,9,10). The van der Waals surface area contributed by atoms with Crippen LogP contribution in [0.4, 0.5) is 0 Å². The minimum Gasteiger partial charge on any atom is -0.480 e. The van der Waals surface area contributed by atoms with Crippen molar-refractivity contribution >= 4 is 22.0 Å². The van der Waals surface area contributed by atoms with Crippen molar-refractivity contribution in [2.45, 2.75) is 30.7 Å². The maximum atomic E-state index is 10.5. The van der Waals surface area contributed by atoms with E-state index < -0.39 is 28.0 Å². The van der Waals surface area contributed by atoms with E-state index in [0.29, 0.717) is 0 Å². The van der Waals surface area contributed by atoms with Crippen molar-refractivity contribution in [1.82, 2.24) is 0 Å². The van der Waals surface area contributed by atoms with Crippen LogP contribution in [0, 0.1) is 6.92 Å². The summed E-state index contributed by atoms with van der Waals surface area (Å²) < 4.78 is 29.6. The van der Waals surface area contributed by atoms with Crippen LogP contribution in [0.5, 0.6) is 0 Å². The Morgan fingerprint density at radius 3 is 2.05 bits per heavy atom. The summed E-state index contributed by atoms with van der Waals surface area (Å²) in [6.07, 6.45) is 0.123. The molecule has 0 aromatic heterocycles. The van der Waals surface area contributed by atoms with Gasteiger partial charge in [0.1, 0.15) is 6.04 Å². The van der Waals surface area contributed by atoms with Gasteiger partial charge in [-0.25, -0.2) is 0 Å². The Balaban J connectivity index is 0.000000384. The third-order valence-corrected chi connectivity index (χ3v) is 3.21. The van der Waals surface area contributed by atoms with E-state index in [0.717, 1.165) is 5.56 Å². The maximum absolute atomic E-state index is 10.5. The number of primary amides is 1. The summed E-state index contributed by atoms with van der Waals surface area (Å²) in [4.78, 5) is 20.1. The zero-order valence-corrected chi connectivity index (χ0v) is 12.2. The lowest BCUT2D eigenvalue weighted by atomic mass is 10.2. The molecule has 21 heavy (non-hydrogen) atoms. The number of amides is 1. The molecular formula is C12H18N2O6S. The number of rotatable bonds is 5. The van der Waals surface area contributed by atoms with Crippen molar-refractivity contribution < 1.29 is 27.7 Å². The number of benzene rings is 1. The molecule has 1 aromatic carbocycles. The van der Waals surface area contributed by atoms with Crippen LogP contribution in [0.3, 0.4) is 0 Å². The van der Waals surface area contributed by atoms with Gasteiger partial charge >= 0.3 is 5.97 Å². The smallest absolute Gasteiger partial charge is 0.320 e. The van der Waals surface area contributed by atoms with E-state index in [9.17, 15) is 18.0 Å². The number of carboxylic acids is 1. The Bertz CT molecular complexity index is 582. The number of aliphatic carboxylic acids is 1. The van der Waals surface area contributed by atoms with E-state index >= 15 is 0 Å². The molecule has 0 saturated carbocycles. The van der Waals surface area contributed by atoms with Crippen molar-refractivity contribution in [3.8, 4) is 0 Å². The van der Waals surface area contributed by atoms with Gasteiger partial charge in [-0.2, -0.15) is 8.42 Å². The maximum Gasteiger partial charge on any atom is 0.320 e. The summed E-state index contributed by atoms with van der Waals surface area (Å²) in [6.45, 7) is 1.84. The molecule has 0 bridgehead atoms. The van der Waals surface area contributed by atoms with Crippen LogP contribution < -0.4 is 11.5 Å². The van der Waals surface area contributed by atoms with E-state index in [1.165, 1.54) is 12.1 Å². The lowest BCUT2D eigenvalue weighted by molar-refractivity contribution is -0.138. The van der Waals surface area contributed by atoms with Crippen molar-refractivity contribution in [3.63, 3.8) is 0 Å². The molecule has 0 aliphatic heterocycles. The van der Waals surface area contributed by atoms with Gasteiger partial charge in [-0.1, -0.05) is 17.7 Å². The molecule has 118 valence electrons. The average Bonchev–Trinajstić information content (AvgIpc) is 2.35. The zero-order valence-electron chi connectivity index (χ0n) is 11.4. The first-order valence-corrected chi connectivity index (χ1v) is 7.29. The van der Waals surface area contributed by atoms with Gasteiger partial charge in [-0.05, 0) is 25.5 Å². The van der Waals surface area contributed by atoms with Gasteiger partial charge in [0.25, 0.3) is 10.1 Å². The van der Waals surface area contributed by atoms with E-state index in [1.807, 2.05) is 6.92 Å². The van der Waals surface area contributed by atoms with Gasteiger partial charge in [0.15, 0.2) is 0 Å². The summed E-state index contributed by atoms with van der Waals surface area (Å²) in [5.74, 6) is -1.64. The Morgan fingerprint density at radius 1 is 1.24 bits per heavy atom. The first-order chi connectivity index (χ1) is 9.54. The normalized spacial score (nSPS) is 12.0. The third kappa shape index (κ3) is 8.74. The Kier molecular flexibility index (Phi) is 7.56. The first kappa shape index (κ1) is 19.0. The predicted molar refractivity (Wildman–Crippen MR) is 75.0 cm³/mol. The summed E-state index contributed by atoms with van der Waals surface area (Å²) in [6, 6.07) is 5.01. The van der Waals surface area contributed by atoms with E-state index in [1.54, 1.807) is 12.1 Å². The van der Waals surface area contributed by atoms with Crippen LogP contribution in [-0.4, -0.2) is 36.0 Å². The molecule has 9 heteroatoms. The lowest BCUT2D eigenvalue weighted by Gasteiger charge is -2.01. The molecule has 0 radical (unpaired) electrons. The largest absolute Gasteiger partial charge is 0.480 e. The van der Waals surface area contributed by atoms with Crippen molar-refractivity contribution in [2.75, 3.05) is 0 Å². The number of carbonyl (C=O) groups excluding carboxylic acids is 1. The lowest BCUT2D eigenvalue weighted by Crippen LogP contribution is -2.31. The number of carboxylic acid groups (broad SMARTS) is 1. The second-order valence-corrected chi connectivity index (χ2v) is 5.66. The highest BCUT2D eigenvalue weighted by Gasteiger charge is 2.11. The SMILES string of the molecule is Cc1ccc(S(=O)(=O)O)cc1.NC(=O)CCC(N)C(=O)O. The third-order valence-electron chi connectivity index (χ3n) is 2.34. The molecule has 0 spiro atoms. The van der Waals surface area contributed by atoms with Gasteiger partial charge in [0, 0.05) is 6.42 Å². The highest BCUT2D eigenvalue weighted by Crippen LogP contribution is 2.08. The molecule has 1 rings (SSSR count). The monoisotopic (exact) mass is 318 g/mol. The van der Waals surface area contributed by atoms with Crippen LogP contribution in [-0.2, 0) is 19.7 Å². The molecule has 1 aromatic rings. The minimum absolute atomic E-state index is 0.0213. The second-order valence-electron chi connectivity index (χ2n) is 4.24. The van der Waals surface area contributed by atoms with Crippen LogP contribution in [0.2, 0.25) is 0 Å². The first-order valence-electron chi connectivity index (χ1n) is 5.85.